The van der Waals surface area contributed by atoms with Gasteiger partial charge < -0.3 is 65.1 Å². The second kappa shape index (κ2) is 43.7. The van der Waals surface area contributed by atoms with Crippen LogP contribution in [-0.4, -0.2) is 140 Å². The van der Waals surface area contributed by atoms with E-state index in [0.29, 0.717) is 12.8 Å². The molecular formula is C57H107NO13. The number of allylic oxidation sites excluding steroid dienone is 4. The number of hydrogen-bond donors (Lipinski definition) is 9. The van der Waals surface area contributed by atoms with E-state index in [1.807, 2.05) is 0 Å². The van der Waals surface area contributed by atoms with Crippen LogP contribution in [-0.2, 0) is 23.7 Å². The van der Waals surface area contributed by atoms with Crippen molar-refractivity contribution in [3.63, 3.8) is 0 Å². The van der Waals surface area contributed by atoms with Gasteiger partial charge in [0.05, 0.1) is 32.0 Å². The highest BCUT2D eigenvalue weighted by atomic mass is 16.7. The van der Waals surface area contributed by atoms with E-state index in [1.165, 1.54) is 154 Å². The number of ether oxygens (including phenoxy) is 4. The molecule has 2 heterocycles. The Bertz CT molecular complexity index is 1290. The molecule has 2 rings (SSSR count). The monoisotopic (exact) mass is 1010 g/mol. The second-order valence-corrected chi connectivity index (χ2v) is 20.8. The Labute approximate surface area is 430 Å². The lowest BCUT2D eigenvalue weighted by molar-refractivity contribution is -0.359. The summed E-state index contributed by atoms with van der Waals surface area (Å²) in [5.74, 6) is -0.207. The Morgan fingerprint density at radius 1 is 0.507 bits per heavy atom. The summed E-state index contributed by atoms with van der Waals surface area (Å²) in [7, 11) is 0. The highest BCUT2D eigenvalue weighted by Crippen LogP contribution is 2.30. The van der Waals surface area contributed by atoms with Gasteiger partial charge >= 0.3 is 0 Å². The molecule has 0 aromatic heterocycles. The lowest BCUT2D eigenvalue weighted by atomic mass is 9.97. The van der Waals surface area contributed by atoms with Crippen LogP contribution in [0, 0.1) is 0 Å². The van der Waals surface area contributed by atoms with E-state index in [9.17, 15) is 45.6 Å². The molecule has 2 aliphatic rings. The topological polar surface area (TPSA) is 228 Å². The minimum absolute atomic E-state index is 0.207. The van der Waals surface area contributed by atoms with E-state index in [0.717, 1.165) is 57.8 Å². The van der Waals surface area contributed by atoms with E-state index in [1.54, 1.807) is 0 Å². The van der Waals surface area contributed by atoms with Crippen LogP contribution in [0.3, 0.4) is 0 Å². The zero-order valence-electron chi connectivity index (χ0n) is 44.7. The third kappa shape index (κ3) is 30.0. The first-order chi connectivity index (χ1) is 34.6. The molecule has 9 N–H and O–H groups in total. The molecule has 2 aliphatic heterocycles. The predicted molar refractivity (Wildman–Crippen MR) is 282 cm³/mol. The van der Waals surface area contributed by atoms with E-state index >= 15 is 0 Å². The summed E-state index contributed by atoms with van der Waals surface area (Å²) in [6, 6.07) is -0.826. The number of nitrogens with one attached hydrogen (secondary N) is 1. The quantitative estimate of drug-likeness (QED) is 0.0205. The molecular weight excluding hydrogens is 907 g/mol. The Hall–Kier alpha value is -1.53. The van der Waals surface area contributed by atoms with Gasteiger partial charge in [-0.3, -0.25) is 4.79 Å². The van der Waals surface area contributed by atoms with Crippen molar-refractivity contribution in [3.8, 4) is 0 Å². The van der Waals surface area contributed by atoms with E-state index in [4.69, 9.17) is 18.9 Å². The maximum atomic E-state index is 13.2. The van der Waals surface area contributed by atoms with Gasteiger partial charge in [0, 0.05) is 6.42 Å². The highest BCUT2D eigenvalue weighted by molar-refractivity contribution is 5.76. The lowest BCUT2D eigenvalue weighted by Gasteiger charge is -2.46. The molecule has 0 aromatic carbocycles. The summed E-state index contributed by atoms with van der Waals surface area (Å²) in [6.07, 6.45) is 33.2. The first-order valence-electron chi connectivity index (χ1n) is 29.1. The van der Waals surface area contributed by atoms with Gasteiger partial charge in [-0.25, -0.2) is 0 Å². The van der Waals surface area contributed by atoms with Crippen LogP contribution in [0.15, 0.2) is 24.3 Å². The van der Waals surface area contributed by atoms with Crippen molar-refractivity contribution >= 4 is 5.91 Å². The average molecular weight is 1010 g/mol. The molecule has 0 saturated carbocycles. The largest absolute Gasteiger partial charge is 0.394 e. The fraction of sp³-hybridized carbons (Fsp3) is 0.912. The van der Waals surface area contributed by atoms with Crippen molar-refractivity contribution in [1.29, 1.82) is 0 Å². The number of unbranched alkanes of at least 4 members (excludes halogenated alkanes) is 29. The molecule has 0 radical (unpaired) electrons. The summed E-state index contributed by atoms with van der Waals surface area (Å²) in [6.45, 7) is 2.85. The lowest BCUT2D eigenvalue weighted by Crippen LogP contribution is -2.65. The van der Waals surface area contributed by atoms with Crippen molar-refractivity contribution in [1.82, 2.24) is 5.32 Å². The van der Waals surface area contributed by atoms with Crippen LogP contribution in [0.25, 0.3) is 0 Å². The molecule has 0 aromatic rings. The van der Waals surface area contributed by atoms with Gasteiger partial charge in [0.25, 0.3) is 0 Å². The van der Waals surface area contributed by atoms with Crippen molar-refractivity contribution in [2.75, 3.05) is 19.8 Å². The first-order valence-corrected chi connectivity index (χ1v) is 29.1. The van der Waals surface area contributed by atoms with Crippen LogP contribution < -0.4 is 5.32 Å². The molecule has 14 heteroatoms. The Morgan fingerprint density at radius 3 is 1.41 bits per heavy atom. The zero-order chi connectivity index (χ0) is 51.7. The molecule has 2 saturated heterocycles. The zero-order valence-corrected chi connectivity index (χ0v) is 44.7. The minimum atomic E-state index is -1.78. The van der Waals surface area contributed by atoms with Gasteiger partial charge in [-0.05, 0) is 44.9 Å². The Balaban J connectivity index is 1.71. The Morgan fingerprint density at radius 2 is 0.930 bits per heavy atom. The molecule has 2 fully saturated rings. The van der Waals surface area contributed by atoms with Crippen molar-refractivity contribution in [3.05, 3.63) is 24.3 Å². The van der Waals surface area contributed by atoms with Crippen LogP contribution in [0.5, 0.6) is 0 Å². The number of aliphatic hydroxyl groups excluding tert-OH is 8. The molecule has 0 spiro atoms. The van der Waals surface area contributed by atoms with Gasteiger partial charge in [-0.1, -0.05) is 212 Å². The Kier molecular flexibility index (Phi) is 40.4. The normalized spacial score (nSPS) is 25.9. The van der Waals surface area contributed by atoms with E-state index in [2.05, 4.69) is 43.5 Å². The van der Waals surface area contributed by atoms with Crippen molar-refractivity contribution in [2.45, 2.75) is 312 Å². The third-order valence-corrected chi connectivity index (χ3v) is 14.4. The van der Waals surface area contributed by atoms with Gasteiger partial charge in [-0.2, -0.15) is 0 Å². The third-order valence-electron chi connectivity index (χ3n) is 14.4. The standard InChI is InChI=1S/C57H107NO13/c1-3-5-7-9-11-13-15-17-18-19-20-21-22-23-24-25-26-27-28-29-31-33-35-37-39-41-49(62)58-45(46(61)40-38-36-34-32-30-16-14-12-10-8-6-4-2)44-68-56-54(67)52(65)55(48(43-60)70-56)71-57-53(66)51(64)50(63)47(42-59)69-57/h15,17,19-20,45-48,50-57,59-61,63-67H,3-14,16,18,21-44H2,1-2H3,(H,58,62)/b17-15-,20-19-. The van der Waals surface area contributed by atoms with E-state index in [-0.39, 0.29) is 12.5 Å². The van der Waals surface area contributed by atoms with Crippen LogP contribution >= 0.6 is 0 Å². The summed E-state index contributed by atoms with van der Waals surface area (Å²) in [5.41, 5.74) is 0. The molecule has 14 nitrogen and oxygen atoms in total. The maximum Gasteiger partial charge on any atom is 0.220 e. The molecule has 71 heavy (non-hydrogen) atoms. The van der Waals surface area contributed by atoms with Crippen molar-refractivity contribution < 1.29 is 64.6 Å². The summed E-state index contributed by atoms with van der Waals surface area (Å²) >= 11 is 0. The summed E-state index contributed by atoms with van der Waals surface area (Å²) < 4.78 is 22.8. The molecule has 418 valence electrons. The fourth-order valence-electron chi connectivity index (χ4n) is 9.68. The number of carbonyl (C=O) groups excluding carboxylic acids is 1. The number of rotatable bonds is 46. The number of amides is 1. The predicted octanol–water partition coefficient (Wildman–Crippen LogP) is 9.28. The molecule has 12 atom stereocenters. The van der Waals surface area contributed by atoms with Crippen molar-refractivity contribution in [2.24, 2.45) is 0 Å². The molecule has 12 unspecified atom stereocenters. The minimum Gasteiger partial charge on any atom is -0.394 e. The summed E-state index contributed by atoms with van der Waals surface area (Å²) in [5, 5.41) is 87.1. The second-order valence-electron chi connectivity index (χ2n) is 20.8. The number of carbonyl (C=O) groups is 1. The smallest absolute Gasteiger partial charge is 0.220 e. The molecule has 1 amide bonds. The summed E-state index contributed by atoms with van der Waals surface area (Å²) in [4.78, 5) is 13.2. The highest BCUT2D eigenvalue weighted by Gasteiger charge is 2.51. The molecule has 0 bridgehead atoms. The SMILES string of the molecule is CCCCCCC/C=C\C/C=C\CCCCCCCCCCCCCCCC(=O)NC(COC1OC(CO)C(OC2OC(CO)C(O)C(O)C2O)C(O)C1O)C(O)CCCCCCCCCCCCCC. The fourth-order valence-corrected chi connectivity index (χ4v) is 9.68. The van der Waals surface area contributed by atoms with Crippen LogP contribution in [0.1, 0.15) is 239 Å². The van der Waals surface area contributed by atoms with Crippen LogP contribution in [0.4, 0.5) is 0 Å². The average Bonchev–Trinajstić information content (AvgIpc) is 3.37. The van der Waals surface area contributed by atoms with Gasteiger partial charge in [-0.15, -0.1) is 0 Å². The number of hydrogen-bond acceptors (Lipinski definition) is 13. The molecule has 0 aliphatic carbocycles. The van der Waals surface area contributed by atoms with Gasteiger partial charge in [0.15, 0.2) is 12.6 Å². The van der Waals surface area contributed by atoms with Gasteiger partial charge in [0.1, 0.15) is 48.8 Å². The van der Waals surface area contributed by atoms with E-state index < -0.39 is 86.8 Å². The first kappa shape index (κ1) is 65.6. The number of aliphatic hydroxyl groups is 8. The maximum absolute atomic E-state index is 13.2. The van der Waals surface area contributed by atoms with Gasteiger partial charge in [0.2, 0.25) is 5.91 Å². The van der Waals surface area contributed by atoms with Crippen LogP contribution in [0.2, 0.25) is 0 Å².